The van der Waals surface area contributed by atoms with E-state index in [9.17, 15) is 9.59 Å². The molecule has 0 bridgehead atoms. The average Bonchev–Trinajstić information content (AvgIpc) is 3.27. The van der Waals surface area contributed by atoms with Gasteiger partial charge >= 0.3 is 0 Å². The number of nitrogens with zero attached hydrogens (tertiary/aromatic N) is 3. The molecule has 2 amide bonds. The number of carbonyl (C=O) groups excluding carboxylic acids is 2. The number of carbonyl (C=O) groups is 2. The maximum atomic E-state index is 12.2. The number of furan rings is 1. The van der Waals surface area contributed by atoms with E-state index in [1.807, 2.05) is 23.0 Å². The summed E-state index contributed by atoms with van der Waals surface area (Å²) in [4.78, 5) is 25.8. The van der Waals surface area contributed by atoms with Gasteiger partial charge in [0.05, 0.1) is 18.7 Å². The fourth-order valence-corrected chi connectivity index (χ4v) is 2.72. The van der Waals surface area contributed by atoms with E-state index in [0.717, 1.165) is 18.7 Å². The van der Waals surface area contributed by atoms with Crippen LogP contribution in [0.15, 0.2) is 41.3 Å². The standard InChI is InChI=1S/C16H20N4O3/c21-15-10-13(11-19(15)12-14-4-1-9-23-14)16(22)17-5-2-7-20-8-3-6-18-20/h1,3-4,6,8-9,13H,2,5,7,10-12H2,(H,17,22). The Morgan fingerprint density at radius 3 is 3.09 bits per heavy atom. The third-order valence-electron chi connectivity index (χ3n) is 3.93. The van der Waals surface area contributed by atoms with Crippen molar-refractivity contribution in [2.24, 2.45) is 5.92 Å². The maximum Gasteiger partial charge on any atom is 0.225 e. The fraction of sp³-hybridized carbons (Fsp3) is 0.438. The SMILES string of the molecule is O=C(NCCCn1cccn1)C1CC(=O)N(Cc2ccco2)C1. The topological polar surface area (TPSA) is 80.4 Å². The van der Waals surface area contributed by atoms with Gasteiger partial charge in [0.1, 0.15) is 5.76 Å². The van der Waals surface area contributed by atoms with Crippen molar-refractivity contribution in [1.82, 2.24) is 20.0 Å². The molecule has 0 aliphatic carbocycles. The summed E-state index contributed by atoms with van der Waals surface area (Å²) in [7, 11) is 0. The fourth-order valence-electron chi connectivity index (χ4n) is 2.72. The molecule has 7 heteroatoms. The van der Waals surface area contributed by atoms with E-state index in [2.05, 4.69) is 10.4 Å². The van der Waals surface area contributed by atoms with Crippen LogP contribution in [-0.2, 0) is 22.7 Å². The molecule has 1 N–H and O–H groups in total. The lowest BCUT2D eigenvalue weighted by Crippen LogP contribution is -2.33. The first-order chi connectivity index (χ1) is 11.2. The van der Waals surface area contributed by atoms with Crippen molar-refractivity contribution < 1.29 is 14.0 Å². The zero-order valence-electron chi connectivity index (χ0n) is 12.9. The number of hydrogen-bond acceptors (Lipinski definition) is 4. The molecule has 1 aliphatic rings. The molecule has 0 aromatic carbocycles. The number of likely N-dealkylation sites (tertiary alicyclic amines) is 1. The van der Waals surface area contributed by atoms with Crippen LogP contribution in [0.3, 0.4) is 0 Å². The van der Waals surface area contributed by atoms with Crippen LogP contribution in [0.5, 0.6) is 0 Å². The minimum atomic E-state index is -0.276. The molecular weight excluding hydrogens is 296 g/mol. The summed E-state index contributed by atoms with van der Waals surface area (Å²) in [6.45, 7) is 2.22. The Morgan fingerprint density at radius 1 is 1.43 bits per heavy atom. The second kappa shape index (κ2) is 7.13. The Hall–Kier alpha value is -2.57. The highest BCUT2D eigenvalue weighted by atomic mass is 16.3. The molecule has 1 unspecified atom stereocenters. The Labute approximate surface area is 134 Å². The van der Waals surface area contributed by atoms with Crippen LogP contribution < -0.4 is 5.32 Å². The van der Waals surface area contributed by atoms with E-state index in [0.29, 0.717) is 19.6 Å². The van der Waals surface area contributed by atoms with Gasteiger partial charge in [0.15, 0.2) is 0 Å². The Balaban J connectivity index is 1.40. The maximum absolute atomic E-state index is 12.2. The van der Waals surface area contributed by atoms with Crippen molar-refractivity contribution in [3.63, 3.8) is 0 Å². The van der Waals surface area contributed by atoms with Crippen LogP contribution in [0, 0.1) is 5.92 Å². The van der Waals surface area contributed by atoms with Crippen LogP contribution in [0.4, 0.5) is 0 Å². The smallest absolute Gasteiger partial charge is 0.225 e. The van der Waals surface area contributed by atoms with Crippen molar-refractivity contribution in [3.8, 4) is 0 Å². The van der Waals surface area contributed by atoms with Gasteiger partial charge in [0.25, 0.3) is 0 Å². The minimum absolute atomic E-state index is 0.00177. The molecule has 0 spiro atoms. The third kappa shape index (κ3) is 4.00. The first kappa shape index (κ1) is 15.3. The molecule has 2 aromatic heterocycles. The summed E-state index contributed by atoms with van der Waals surface area (Å²) in [5.41, 5.74) is 0. The molecular formula is C16H20N4O3. The zero-order valence-corrected chi connectivity index (χ0v) is 12.9. The number of amides is 2. The highest BCUT2D eigenvalue weighted by Crippen LogP contribution is 2.20. The summed E-state index contributed by atoms with van der Waals surface area (Å²) >= 11 is 0. The van der Waals surface area contributed by atoms with Gasteiger partial charge in [-0.05, 0) is 24.6 Å². The Kier molecular flexibility index (Phi) is 4.75. The number of rotatable bonds is 7. The van der Waals surface area contributed by atoms with E-state index in [-0.39, 0.29) is 24.2 Å². The van der Waals surface area contributed by atoms with Gasteiger partial charge in [-0.25, -0.2) is 0 Å². The van der Waals surface area contributed by atoms with Gasteiger partial charge < -0.3 is 14.6 Å². The van der Waals surface area contributed by atoms with Crippen molar-refractivity contribution >= 4 is 11.8 Å². The summed E-state index contributed by atoms with van der Waals surface area (Å²) in [6, 6.07) is 5.49. The number of nitrogens with one attached hydrogen (secondary N) is 1. The molecule has 3 heterocycles. The Morgan fingerprint density at radius 2 is 2.35 bits per heavy atom. The highest BCUT2D eigenvalue weighted by Gasteiger charge is 2.34. The van der Waals surface area contributed by atoms with Crippen LogP contribution in [0.2, 0.25) is 0 Å². The van der Waals surface area contributed by atoms with Crippen molar-refractivity contribution in [3.05, 3.63) is 42.6 Å². The molecule has 1 aliphatic heterocycles. The van der Waals surface area contributed by atoms with E-state index in [1.165, 1.54) is 0 Å². The van der Waals surface area contributed by atoms with Crippen LogP contribution >= 0.6 is 0 Å². The molecule has 0 radical (unpaired) electrons. The van der Waals surface area contributed by atoms with Gasteiger partial charge in [0.2, 0.25) is 11.8 Å². The number of aryl methyl sites for hydroxylation is 1. The zero-order chi connectivity index (χ0) is 16.1. The van der Waals surface area contributed by atoms with Crippen LogP contribution in [0.25, 0.3) is 0 Å². The highest BCUT2D eigenvalue weighted by molar-refractivity contribution is 5.89. The molecule has 23 heavy (non-hydrogen) atoms. The lowest BCUT2D eigenvalue weighted by molar-refractivity contribution is -0.129. The summed E-state index contributed by atoms with van der Waals surface area (Å²) in [5.74, 6) is 0.402. The molecule has 1 fully saturated rings. The molecule has 2 aromatic rings. The van der Waals surface area contributed by atoms with Gasteiger partial charge in [-0.3, -0.25) is 14.3 Å². The third-order valence-corrected chi connectivity index (χ3v) is 3.93. The lowest BCUT2D eigenvalue weighted by Gasteiger charge is -2.15. The van der Waals surface area contributed by atoms with Crippen LogP contribution in [0.1, 0.15) is 18.6 Å². The summed E-state index contributed by atoms with van der Waals surface area (Å²) in [5, 5.41) is 7.01. The number of hydrogen-bond donors (Lipinski definition) is 1. The predicted octanol–water partition coefficient (Wildman–Crippen LogP) is 1.03. The second-order valence-corrected chi connectivity index (χ2v) is 5.67. The first-order valence-electron chi connectivity index (χ1n) is 7.77. The van der Waals surface area contributed by atoms with Gasteiger partial charge in [-0.15, -0.1) is 0 Å². The quantitative estimate of drug-likeness (QED) is 0.774. The molecule has 3 rings (SSSR count). The molecule has 7 nitrogen and oxygen atoms in total. The summed E-state index contributed by atoms with van der Waals surface area (Å²) in [6.07, 6.45) is 6.29. The predicted molar refractivity (Wildman–Crippen MR) is 82.1 cm³/mol. The van der Waals surface area contributed by atoms with E-state index in [4.69, 9.17) is 4.42 Å². The van der Waals surface area contributed by atoms with Crippen molar-refractivity contribution in [2.45, 2.75) is 25.9 Å². The van der Waals surface area contributed by atoms with Crippen LogP contribution in [-0.4, -0.2) is 39.6 Å². The largest absolute Gasteiger partial charge is 0.467 e. The molecule has 122 valence electrons. The van der Waals surface area contributed by atoms with E-state index >= 15 is 0 Å². The molecule has 0 saturated carbocycles. The summed E-state index contributed by atoms with van der Waals surface area (Å²) < 4.78 is 7.08. The lowest BCUT2D eigenvalue weighted by atomic mass is 10.1. The minimum Gasteiger partial charge on any atom is -0.467 e. The number of aromatic nitrogens is 2. The molecule has 1 saturated heterocycles. The first-order valence-corrected chi connectivity index (χ1v) is 7.77. The molecule has 1 atom stereocenters. The van der Waals surface area contributed by atoms with Gasteiger partial charge in [0, 0.05) is 38.4 Å². The Bertz CT molecular complexity index is 636. The van der Waals surface area contributed by atoms with E-state index < -0.39 is 0 Å². The average molecular weight is 316 g/mol. The monoisotopic (exact) mass is 316 g/mol. The van der Waals surface area contributed by atoms with E-state index in [1.54, 1.807) is 23.4 Å². The van der Waals surface area contributed by atoms with Gasteiger partial charge in [-0.1, -0.05) is 0 Å². The van der Waals surface area contributed by atoms with Crippen molar-refractivity contribution in [2.75, 3.05) is 13.1 Å². The second-order valence-electron chi connectivity index (χ2n) is 5.67. The van der Waals surface area contributed by atoms with Crippen molar-refractivity contribution in [1.29, 1.82) is 0 Å². The van der Waals surface area contributed by atoms with Gasteiger partial charge in [-0.2, -0.15) is 5.10 Å². The normalized spacial score (nSPS) is 17.7.